The molecule has 0 aliphatic carbocycles. The highest BCUT2D eigenvalue weighted by Gasteiger charge is 2.22. The van der Waals surface area contributed by atoms with Crippen molar-refractivity contribution in [2.45, 2.75) is 38.0 Å². The summed E-state index contributed by atoms with van der Waals surface area (Å²) in [6, 6.07) is 12.6. The normalized spacial score (nSPS) is 17.0. The van der Waals surface area contributed by atoms with Crippen LogP contribution in [0.4, 0.5) is 4.39 Å². The van der Waals surface area contributed by atoms with Crippen molar-refractivity contribution in [3.05, 3.63) is 83.7 Å². The zero-order chi connectivity index (χ0) is 19.3. The molecule has 28 heavy (non-hydrogen) atoms. The van der Waals surface area contributed by atoms with Crippen LogP contribution in [0.5, 0.6) is 0 Å². The van der Waals surface area contributed by atoms with E-state index in [0.717, 1.165) is 41.9 Å². The number of aliphatic imine (C=N–C) groups is 1. The molecule has 1 aliphatic rings. The van der Waals surface area contributed by atoms with Gasteiger partial charge < -0.3 is 0 Å². The lowest BCUT2D eigenvalue weighted by Gasteiger charge is -2.16. The summed E-state index contributed by atoms with van der Waals surface area (Å²) < 4.78 is 13.4. The van der Waals surface area contributed by atoms with Crippen LogP contribution >= 0.6 is 0 Å². The van der Waals surface area contributed by atoms with Crippen molar-refractivity contribution in [1.29, 1.82) is 0 Å². The molecule has 3 aromatic rings. The van der Waals surface area contributed by atoms with E-state index in [0.29, 0.717) is 5.92 Å². The maximum Gasteiger partial charge on any atom is 0.123 e. The Morgan fingerprint density at radius 3 is 2.75 bits per heavy atom. The molecule has 142 valence electrons. The molecule has 0 radical (unpaired) electrons. The summed E-state index contributed by atoms with van der Waals surface area (Å²) in [6.07, 6.45) is 10.4. The lowest BCUT2D eigenvalue weighted by Crippen LogP contribution is -2.05. The van der Waals surface area contributed by atoms with Crippen LogP contribution in [-0.2, 0) is 6.42 Å². The average molecular weight is 374 g/mol. The molecule has 2 unspecified atom stereocenters. The molecular formula is C23H23FN4. The van der Waals surface area contributed by atoms with Gasteiger partial charge in [0.2, 0.25) is 0 Å². The highest BCUT2D eigenvalue weighted by Crippen LogP contribution is 2.35. The molecular weight excluding hydrogens is 351 g/mol. The molecule has 1 aliphatic heterocycles. The number of benzene rings is 1. The minimum atomic E-state index is -0.241. The summed E-state index contributed by atoms with van der Waals surface area (Å²) in [6.45, 7) is 2.20. The summed E-state index contributed by atoms with van der Waals surface area (Å²) in [4.78, 5) is 8.68. The number of nitrogens with one attached hydrogen (secondary N) is 1. The third kappa shape index (κ3) is 3.93. The molecule has 4 rings (SSSR count). The van der Waals surface area contributed by atoms with E-state index in [4.69, 9.17) is 0 Å². The van der Waals surface area contributed by atoms with Gasteiger partial charge in [0.25, 0.3) is 0 Å². The Morgan fingerprint density at radius 2 is 2.04 bits per heavy atom. The van der Waals surface area contributed by atoms with Crippen molar-refractivity contribution in [1.82, 2.24) is 15.2 Å². The van der Waals surface area contributed by atoms with Gasteiger partial charge in [-0.15, -0.1) is 0 Å². The van der Waals surface area contributed by atoms with Crippen LogP contribution in [0.25, 0.3) is 11.3 Å². The van der Waals surface area contributed by atoms with Crippen LogP contribution in [0.2, 0.25) is 0 Å². The zero-order valence-electron chi connectivity index (χ0n) is 15.8. The predicted molar refractivity (Wildman–Crippen MR) is 110 cm³/mol. The summed E-state index contributed by atoms with van der Waals surface area (Å²) in [5.41, 5.74) is 5.24. The van der Waals surface area contributed by atoms with Crippen LogP contribution in [0, 0.1) is 5.82 Å². The molecule has 4 nitrogen and oxygen atoms in total. The van der Waals surface area contributed by atoms with Gasteiger partial charge in [0, 0.05) is 47.0 Å². The Balaban J connectivity index is 1.62. The summed E-state index contributed by atoms with van der Waals surface area (Å²) >= 11 is 0. The van der Waals surface area contributed by atoms with E-state index < -0.39 is 0 Å². The number of aromatic nitrogens is 3. The number of hydrogen-bond acceptors (Lipinski definition) is 3. The van der Waals surface area contributed by atoms with E-state index in [1.165, 1.54) is 17.7 Å². The van der Waals surface area contributed by atoms with Crippen molar-refractivity contribution in [3.63, 3.8) is 0 Å². The Morgan fingerprint density at radius 1 is 1.18 bits per heavy atom. The maximum absolute atomic E-state index is 13.4. The fourth-order valence-corrected chi connectivity index (χ4v) is 3.66. The van der Waals surface area contributed by atoms with Crippen LogP contribution in [0.1, 0.15) is 48.6 Å². The third-order valence-corrected chi connectivity index (χ3v) is 5.26. The van der Waals surface area contributed by atoms with Crippen LogP contribution in [0.15, 0.2) is 65.9 Å². The molecule has 1 N–H and O–H groups in total. The first kappa shape index (κ1) is 18.3. The molecule has 2 aromatic heterocycles. The van der Waals surface area contributed by atoms with E-state index in [1.54, 1.807) is 12.1 Å². The van der Waals surface area contributed by atoms with Gasteiger partial charge in [-0.05, 0) is 61.6 Å². The fourth-order valence-electron chi connectivity index (χ4n) is 3.66. The first-order chi connectivity index (χ1) is 13.7. The molecule has 1 aromatic carbocycles. The van der Waals surface area contributed by atoms with Crippen molar-refractivity contribution in [2.24, 2.45) is 4.99 Å². The fraction of sp³-hybridized carbons (Fsp3) is 0.261. The number of H-pyrrole nitrogens is 1. The number of rotatable bonds is 6. The Labute approximate surface area is 164 Å². The average Bonchev–Trinajstić information content (AvgIpc) is 3.17. The number of nitrogens with zero attached hydrogens (tertiary/aromatic N) is 3. The summed E-state index contributed by atoms with van der Waals surface area (Å²) in [5, 5.41) is 7.85. The Kier molecular flexibility index (Phi) is 5.42. The summed E-state index contributed by atoms with van der Waals surface area (Å²) in [7, 11) is 0. The molecule has 0 saturated carbocycles. The van der Waals surface area contributed by atoms with E-state index in [9.17, 15) is 4.39 Å². The second kappa shape index (κ2) is 8.30. The number of aryl methyl sites for hydroxylation is 1. The number of halogens is 1. The molecule has 0 saturated heterocycles. The van der Waals surface area contributed by atoms with Crippen molar-refractivity contribution < 1.29 is 4.39 Å². The van der Waals surface area contributed by atoms with Gasteiger partial charge in [0.1, 0.15) is 5.82 Å². The first-order valence-corrected chi connectivity index (χ1v) is 9.64. The van der Waals surface area contributed by atoms with Crippen LogP contribution < -0.4 is 0 Å². The lowest BCUT2D eigenvalue weighted by molar-refractivity contribution is 0.628. The Hall–Kier alpha value is -3.08. The minimum Gasteiger partial charge on any atom is -0.282 e. The number of aromatic amines is 1. The van der Waals surface area contributed by atoms with Crippen LogP contribution in [0.3, 0.4) is 0 Å². The van der Waals surface area contributed by atoms with Gasteiger partial charge in [-0.2, -0.15) is 5.10 Å². The van der Waals surface area contributed by atoms with E-state index in [1.807, 2.05) is 30.7 Å². The highest BCUT2D eigenvalue weighted by atomic mass is 19.1. The predicted octanol–water partition coefficient (Wildman–Crippen LogP) is 5.42. The monoisotopic (exact) mass is 374 g/mol. The largest absolute Gasteiger partial charge is 0.282 e. The molecule has 0 spiro atoms. The maximum atomic E-state index is 13.4. The topological polar surface area (TPSA) is 53.9 Å². The smallest absolute Gasteiger partial charge is 0.123 e. The zero-order valence-corrected chi connectivity index (χ0v) is 15.8. The van der Waals surface area contributed by atoms with E-state index in [2.05, 4.69) is 39.2 Å². The number of allylic oxidation sites excluding steroid dienone is 1. The van der Waals surface area contributed by atoms with Crippen molar-refractivity contribution in [3.8, 4) is 11.3 Å². The van der Waals surface area contributed by atoms with Gasteiger partial charge in [-0.25, -0.2) is 4.39 Å². The molecule has 5 heteroatoms. The molecule has 0 bridgehead atoms. The molecule has 3 heterocycles. The van der Waals surface area contributed by atoms with Gasteiger partial charge in [-0.3, -0.25) is 15.1 Å². The third-order valence-electron chi connectivity index (χ3n) is 5.26. The minimum absolute atomic E-state index is 0.219. The second-order valence-electron chi connectivity index (χ2n) is 7.18. The quantitative estimate of drug-likeness (QED) is 0.626. The first-order valence-electron chi connectivity index (χ1n) is 9.64. The van der Waals surface area contributed by atoms with Gasteiger partial charge in [0.05, 0.1) is 5.69 Å². The standard InChI is InChI=1S/C23H23FN4/c1-16(20-4-2-3-13-26-20)5-10-21-22(17-11-14-25-15-12-17)23(28-27-21)18-6-8-19(24)9-7-18/h2-4,6-9,11,13-17H,5,10,12H2,1H3,(H,27,28). The van der Waals surface area contributed by atoms with E-state index in [-0.39, 0.29) is 11.7 Å². The number of hydrogen-bond donors (Lipinski definition) is 1. The van der Waals surface area contributed by atoms with Gasteiger partial charge in [-0.1, -0.05) is 19.1 Å². The molecule has 2 atom stereocenters. The highest BCUT2D eigenvalue weighted by molar-refractivity contribution is 5.69. The molecule has 0 amide bonds. The lowest BCUT2D eigenvalue weighted by atomic mass is 9.88. The van der Waals surface area contributed by atoms with Crippen molar-refractivity contribution >= 4 is 6.21 Å². The second-order valence-corrected chi connectivity index (χ2v) is 7.18. The summed E-state index contributed by atoms with van der Waals surface area (Å²) in [5.74, 6) is 0.335. The van der Waals surface area contributed by atoms with Gasteiger partial charge in [0.15, 0.2) is 0 Å². The SMILES string of the molecule is CC(CCc1[nH]nc(-c2ccc(F)cc2)c1C1C=CN=CC1)c1ccccn1. The van der Waals surface area contributed by atoms with Crippen molar-refractivity contribution in [2.75, 3.05) is 0 Å². The molecule has 0 fully saturated rings. The van der Waals surface area contributed by atoms with E-state index >= 15 is 0 Å². The van der Waals surface area contributed by atoms with Gasteiger partial charge >= 0.3 is 0 Å². The Bertz CT molecular complexity index is 974. The van der Waals surface area contributed by atoms with Crippen LogP contribution in [-0.4, -0.2) is 21.4 Å². The number of pyridine rings is 1.